The van der Waals surface area contributed by atoms with Gasteiger partial charge in [-0.25, -0.2) is 0 Å². The molecule has 5 nitrogen and oxygen atoms in total. The first-order valence-corrected chi connectivity index (χ1v) is 11.4. The summed E-state index contributed by atoms with van der Waals surface area (Å²) in [6, 6.07) is 0. The van der Waals surface area contributed by atoms with Crippen LogP contribution in [0, 0.1) is 0 Å². The fourth-order valence-corrected chi connectivity index (χ4v) is 3.65. The van der Waals surface area contributed by atoms with E-state index in [1.54, 1.807) is 6.92 Å². The molecular formula is C22H44O5. The fraction of sp³-hybridized carbons (Fsp3) is 1.00. The highest BCUT2D eigenvalue weighted by molar-refractivity contribution is 4.87. The van der Waals surface area contributed by atoms with Gasteiger partial charge < -0.3 is 24.8 Å². The van der Waals surface area contributed by atoms with E-state index >= 15 is 0 Å². The van der Waals surface area contributed by atoms with Crippen molar-refractivity contribution < 1.29 is 24.8 Å². The SMILES string of the molecule is CCCCCCCCCCCCCCCCOC1O[C@H](C)[C@@H](O)[C@H](O)[C@@H]1O. The van der Waals surface area contributed by atoms with E-state index in [0.29, 0.717) is 6.61 Å². The monoisotopic (exact) mass is 388 g/mol. The van der Waals surface area contributed by atoms with Crippen LogP contribution in [0.5, 0.6) is 0 Å². The molecule has 0 aromatic heterocycles. The molecule has 3 N–H and O–H groups in total. The van der Waals surface area contributed by atoms with Crippen LogP contribution >= 0.6 is 0 Å². The van der Waals surface area contributed by atoms with Gasteiger partial charge in [-0.3, -0.25) is 0 Å². The molecule has 0 amide bonds. The zero-order valence-electron chi connectivity index (χ0n) is 17.7. The van der Waals surface area contributed by atoms with E-state index in [4.69, 9.17) is 9.47 Å². The normalized spacial score (nSPS) is 28.6. The van der Waals surface area contributed by atoms with Gasteiger partial charge in [0.15, 0.2) is 6.29 Å². The first kappa shape index (κ1) is 24.8. The van der Waals surface area contributed by atoms with Crippen LogP contribution in [0.1, 0.15) is 104 Å². The first-order valence-electron chi connectivity index (χ1n) is 11.4. The number of aliphatic hydroxyl groups is 3. The van der Waals surface area contributed by atoms with E-state index in [2.05, 4.69) is 6.92 Å². The van der Waals surface area contributed by atoms with Crippen LogP contribution in [0.3, 0.4) is 0 Å². The van der Waals surface area contributed by atoms with Gasteiger partial charge in [0.05, 0.1) is 6.10 Å². The van der Waals surface area contributed by atoms with Crippen molar-refractivity contribution in [3.8, 4) is 0 Å². The standard InChI is InChI=1S/C22H44O5/c1-3-4-5-6-7-8-9-10-11-12-13-14-15-16-17-26-22-21(25)20(24)19(23)18(2)27-22/h18-25H,3-17H2,1-2H3/t18-,19-,20+,21+,22?/m1/s1. The minimum Gasteiger partial charge on any atom is -0.388 e. The molecule has 5 atom stereocenters. The lowest BCUT2D eigenvalue weighted by Gasteiger charge is -2.38. The van der Waals surface area contributed by atoms with Gasteiger partial charge in [0.1, 0.15) is 18.3 Å². The van der Waals surface area contributed by atoms with Crippen LogP contribution < -0.4 is 0 Å². The van der Waals surface area contributed by atoms with E-state index in [9.17, 15) is 15.3 Å². The van der Waals surface area contributed by atoms with Crippen molar-refractivity contribution in [1.29, 1.82) is 0 Å². The molecule has 1 rings (SSSR count). The molecule has 0 radical (unpaired) electrons. The third-order valence-electron chi connectivity index (χ3n) is 5.59. The summed E-state index contributed by atoms with van der Waals surface area (Å²) in [6.07, 6.45) is 13.5. The van der Waals surface area contributed by atoms with Crippen LogP contribution in [0.2, 0.25) is 0 Å². The van der Waals surface area contributed by atoms with Gasteiger partial charge in [-0.1, -0.05) is 90.4 Å². The summed E-state index contributed by atoms with van der Waals surface area (Å²) in [5.74, 6) is 0. The van der Waals surface area contributed by atoms with Crippen molar-refractivity contribution >= 4 is 0 Å². The number of hydrogen-bond acceptors (Lipinski definition) is 5. The van der Waals surface area contributed by atoms with Gasteiger partial charge in [0.2, 0.25) is 0 Å². The van der Waals surface area contributed by atoms with Gasteiger partial charge >= 0.3 is 0 Å². The zero-order valence-corrected chi connectivity index (χ0v) is 17.7. The predicted octanol–water partition coefficient (Wildman–Crippen LogP) is 4.31. The summed E-state index contributed by atoms with van der Waals surface area (Å²) in [4.78, 5) is 0. The minimum absolute atomic E-state index is 0.509. The second-order valence-corrected chi connectivity index (χ2v) is 8.15. The molecule has 1 aliphatic heterocycles. The van der Waals surface area contributed by atoms with Gasteiger partial charge in [0.25, 0.3) is 0 Å². The van der Waals surface area contributed by atoms with Gasteiger partial charge in [-0.2, -0.15) is 0 Å². The average Bonchev–Trinajstić information content (AvgIpc) is 2.67. The number of aliphatic hydroxyl groups excluding tert-OH is 3. The highest BCUT2D eigenvalue weighted by Gasteiger charge is 2.42. The Balaban J connectivity index is 1.85. The van der Waals surface area contributed by atoms with E-state index in [1.165, 1.54) is 77.0 Å². The summed E-state index contributed by atoms with van der Waals surface area (Å²) in [5, 5.41) is 29.3. The summed E-state index contributed by atoms with van der Waals surface area (Å²) in [6.45, 7) is 4.44. The maximum Gasteiger partial charge on any atom is 0.186 e. The topological polar surface area (TPSA) is 79.2 Å². The maximum absolute atomic E-state index is 9.88. The smallest absolute Gasteiger partial charge is 0.186 e. The Morgan fingerprint density at radius 2 is 1.07 bits per heavy atom. The molecule has 0 spiro atoms. The van der Waals surface area contributed by atoms with Crippen LogP contribution in [0.15, 0.2) is 0 Å². The molecule has 0 aliphatic carbocycles. The van der Waals surface area contributed by atoms with E-state index in [1.807, 2.05) is 0 Å². The highest BCUT2D eigenvalue weighted by Crippen LogP contribution is 2.22. The van der Waals surface area contributed by atoms with E-state index in [-0.39, 0.29) is 0 Å². The quantitative estimate of drug-likeness (QED) is 0.343. The molecule has 0 aromatic rings. The Morgan fingerprint density at radius 3 is 1.56 bits per heavy atom. The summed E-state index contributed by atoms with van der Waals surface area (Å²) >= 11 is 0. The molecule has 27 heavy (non-hydrogen) atoms. The third-order valence-corrected chi connectivity index (χ3v) is 5.59. The fourth-order valence-electron chi connectivity index (χ4n) is 3.65. The lowest BCUT2D eigenvalue weighted by molar-refractivity contribution is -0.293. The van der Waals surface area contributed by atoms with Crippen LogP contribution in [-0.4, -0.2) is 52.6 Å². The Hall–Kier alpha value is -0.200. The van der Waals surface area contributed by atoms with Crippen LogP contribution in [0.25, 0.3) is 0 Å². The lowest BCUT2D eigenvalue weighted by Crippen LogP contribution is -2.57. The predicted molar refractivity (Wildman–Crippen MR) is 109 cm³/mol. The van der Waals surface area contributed by atoms with Crippen molar-refractivity contribution in [2.75, 3.05) is 6.61 Å². The lowest BCUT2D eigenvalue weighted by atomic mass is 10.00. The summed E-state index contributed by atoms with van der Waals surface area (Å²) in [7, 11) is 0. The Morgan fingerprint density at radius 1 is 0.630 bits per heavy atom. The zero-order chi connectivity index (χ0) is 19.9. The average molecular weight is 389 g/mol. The molecule has 0 aromatic carbocycles. The van der Waals surface area contributed by atoms with Crippen LogP contribution in [0.4, 0.5) is 0 Å². The van der Waals surface area contributed by atoms with Gasteiger partial charge in [-0.05, 0) is 13.3 Å². The molecule has 1 fully saturated rings. The van der Waals surface area contributed by atoms with Crippen molar-refractivity contribution in [2.24, 2.45) is 0 Å². The number of unbranched alkanes of at least 4 members (excludes halogenated alkanes) is 13. The van der Waals surface area contributed by atoms with Crippen molar-refractivity contribution in [3.05, 3.63) is 0 Å². The van der Waals surface area contributed by atoms with Crippen molar-refractivity contribution in [2.45, 2.75) is 134 Å². The summed E-state index contributed by atoms with van der Waals surface area (Å²) in [5.41, 5.74) is 0. The molecule has 1 unspecified atom stereocenters. The largest absolute Gasteiger partial charge is 0.388 e. The Bertz CT molecular complexity index is 339. The van der Waals surface area contributed by atoms with Gasteiger partial charge in [-0.15, -0.1) is 0 Å². The first-order chi connectivity index (χ1) is 13.1. The molecule has 1 heterocycles. The van der Waals surface area contributed by atoms with Gasteiger partial charge in [0, 0.05) is 6.61 Å². The Labute approximate surface area is 166 Å². The van der Waals surface area contributed by atoms with Crippen LogP contribution in [-0.2, 0) is 9.47 Å². The molecule has 0 saturated carbocycles. The molecule has 1 aliphatic rings. The molecule has 5 heteroatoms. The Kier molecular flexibility index (Phi) is 14.4. The second-order valence-electron chi connectivity index (χ2n) is 8.15. The highest BCUT2D eigenvalue weighted by atomic mass is 16.7. The third kappa shape index (κ3) is 10.8. The van der Waals surface area contributed by atoms with Crippen molar-refractivity contribution in [1.82, 2.24) is 0 Å². The number of ether oxygens (including phenoxy) is 2. The molecule has 162 valence electrons. The molecular weight excluding hydrogens is 344 g/mol. The molecule has 0 bridgehead atoms. The molecule has 1 saturated heterocycles. The van der Waals surface area contributed by atoms with E-state index < -0.39 is 30.7 Å². The minimum atomic E-state index is -1.21. The summed E-state index contributed by atoms with van der Waals surface area (Å²) < 4.78 is 11.0. The second kappa shape index (κ2) is 15.7. The van der Waals surface area contributed by atoms with E-state index in [0.717, 1.165) is 12.8 Å². The maximum atomic E-state index is 9.88. The number of rotatable bonds is 16. The number of hydrogen-bond donors (Lipinski definition) is 3. The van der Waals surface area contributed by atoms with Crippen molar-refractivity contribution in [3.63, 3.8) is 0 Å².